The van der Waals surface area contributed by atoms with Crippen molar-refractivity contribution in [2.75, 3.05) is 0 Å². The van der Waals surface area contributed by atoms with Crippen molar-refractivity contribution in [1.82, 2.24) is 0 Å². The van der Waals surface area contributed by atoms with Crippen LogP contribution < -0.4 is 4.74 Å². The van der Waals surface area contributed by atoms with E-state index in [1.807, 2.05) is 42.5 Å². The van der Waals surface area contributed by atoms with E-state index in [1.165, 1.54) is 0 Å². The molecule has 0 N–H and O–H groups in total. The lowest BCUT2D eigenvalue weighted by Gasteiger charge is -2.06. The summed E-state index contributed by atoms with van der Waals surface area (Å²) in [6.07, 6.45) is 0.234. The smallest absolute Gasteiger partial charge is 0.315 e. The Labute approximate surface area is 140 Å². The lowest BCUT2D eigenvalue weighted by atomic mass is 10.0. The van der Waals surface area contributed by atoms with E-state index in [2.05, 4.69) is 12.1 Å². The van der Waals surface area contributed by atoms with E-state index >= 15 is 0 Å². The molecule has 0 amide bonds. The number of hydrogen-bond donors (Lipinski definition) is 0. The number of benzene rings is 3. The van der Waals surface area contributed by atoms with Crippen LogP contribution in [-0.4, -0.2) is 5.97 Å². The minimum absolute atomic E-state index is 0.234. The van der Waals surface area contributed by atoms with E-state index in [0.717, 1.165) is 16.7 Å². The highest BCUT2D eigenvalue weighted by atomic mass is 35.5. The summed E-state index contributed by atoms with van der Waals surface area (Å²) in [5, 5.41) is 0.612. The summed E-state index contributed by atoms with van der Waals surface area (Å²) in [6.45, 7) is 0. The maximum atomic E-state index is 12.0. The van der Waals surface area contributed by atoms with Crippen LogP contribution in [0, 0.1) is 0 Å². The van der Waals surface area contributed by atoms with Gasteiger partial charge in [0, 0.05) is 5.02 Å². The second-order valence-corrected chi connectivity index (χ2v) is 5.60. The van der Waals surface area contributed by atoms with Gasteiger partial charge < -0.3 is 4.74 Å². The van der Waals surface area contributed by atoms with Crippen LogP contribution in [0.1, 0.15) is 5.56 Å². The highest BCUT2D eigenvalue weighted by molar-refractivity contribution is 6.30. The fourth-order valence-corrected chi connectivity index (χ4v) is 2.41. The van der Waals surface area contributed by atoms with Crippen molar-refractivity contribution in [3.05, 3.63) is 89.4 Å². The Hall–Kier alpha value is -2.58. The van der Waals surface area contributed by atoms with Gasteiger partial charge in [-0.05, 0) is 41.0 Å². The summed E-state index contributed by atoms with van der Waals surface area (Å²) in [5.41, 5.74) is 3.20. The van der Waals surface area contributed by atoms with E-state index in [-0.39, 0.29) is 12.4 Å². The first-order chi connectivity index (χ1) is 11.2. The third kappa shape index (κ3) is 4.21. The Morgan fingerprint density at radius 1 is 0.783 bits per heavy atom. The maximum Gasteiger partial charge on any atom is 0.315 e. The molecule has 0 radical (unpaired) electrons. The fourth-order valence-electron chi connectivity index (χ4n) is 2.28. The monoisotopic (exact) mass is 322 g/mol. The summed E-state index contributed by atoms with van der Waals surface area (Å²) < 4.78 is 5.29. The Bertz CT molecular complexity index is 778. The van der Waals surface area contributed by atoms with Crippen LogP contribution in [0.25, 0.3) is 11.1 Å². The normalized spacial score (nSPS) is 10.3. The van der Waals surface area contributed by atoms with Gasteiger partial charge in [0.15, 0.2) is 0 Å². The predicted molar refractivity (Wildman–Crippen MR) is 92.7 cm³/mol. The molecule has 23 heavy (non-hydrogen) atoms. The molecule has 0 heterocycles. The largest absolute Gasteiger partial charge is 0.426 e. The molecule has 0 fully saturated rings. The third-order valence-electron chi connectivity index (χ3n) is 3.45. The molecule has 114 valence electrons. The molecule has 0 saturated carbocycles. The van der Waals surface area contributed by atoms with Gasteiger partial charge in [-0.2, -0.15) is 0 Å². The number of esters is 1. The van der Waals surface area contributed by atoms with Crippen molar-refractivity contribution in [2.45, 2.75) is 6.42 Å². The van der Waals surface area contributed by atoms with Crippen molar-refractivity contribution in [3.8, 4) is 16.9 Å². The summed E-state index contributed by atoms with van der Waals surface area (Å²) in [6, 6.07) is 24.8. The summed E-state index contributed by atoms with van der Waals surface area (Å²) in [7, 11) is 0. The lowest BCUT2D eigenvalue weighted by Crippen LogP contribution is -2.11. The molecule has 2 nitrogen and oxygen atoms in total. The summed E-state index contributed by atoms with van der Waals surface area (Å²) in [5.74, 6) is 0.208. The predicted octanol–water partition coefficient (Wildman–Crippen LogP) is 5.16. The van der Waals surface area contributed by atoms with Gasteiger partial charge in [0.2, 0.25) is 0 Å². The zero-order valence-electron chi connectivity index (χ0n) is 12.4. The van der Waals surface area contributed by atoms with Crippen LogP contribution in [0.4, 0.5) is 0 Å². The van der Waals surface area contributed by atoms with Crippen LogP contribution in [0.2, 0.25) is 5.02 Å². The second-order valence-electron chi connectivity index (χ2n) is 5.17. The average molecular weight is 323 g/mol. The summed E-state index contributed by atoms with van der Waals surface area (Å²) in [4.78, 5) is 12.0. The van der Waals surface area contributed by atoms with Gasteiger partial charge in [-0.15, -0.1) is 0 Å². The van der Waals surface area contributed by atoms with Crippen LogP contribution in [0.3, 0.4) is 0 Å². The van der Waals surface area contributed by atoms with Crippen molar-refractivity contribution in [2.24, 2.45) is 0 Å². The van der Waals surface area contributed by atoms with Crippen molar-refractivity contribution >= 4 is 17.6 Å². The molecule has 0 aliphatic carbocycles. The van der Waals surface area contributed by atoms with Gasteiger partial charge in [0.1, 0.15) is 5.75 Å². The molecule has 0 aliphatic rings. The highest BCUT2D eigenvalue weighted by Gasteiger charge is 2.07. The topological polar surface area (TPSA) is 26.3 Å². The number of halogens is 1. The minimum Gasteiger partial charge on any atom is -0.426 e. The molecule has 0 bridgehead atoms. The SMILES string of the molecule is O=C(Cc1ccc(-c2ccccc2)cc1)Oc1ccc(Cl)cc1. The first-order valence-electron chi connectivity index (χ1n) is 7.31. The van der Waals surface area contributed by atoms with Crippen LogP contribution in [-0.2, 0) is 11.2 Å². The minimum atomic E-state index is -0.292. The molecule has 3 rings (SSSR count). The first kappa shape index (κ1) is 15.3. The Balaban J connectivity index is 1.64. The van der Waals surface area contributed by atoms with Gasteiger partial charge >= 0.3 is 5.97 Å². The van der Waals surface area contributed by atoms with Crippen LogP contribution in [0.15, 0.2) is 78.9 Å². The number of carbonyl (C=O) groups is 1. The zero-order valence-corrected chi connectivity index (χ0v) is 13.2. The van der Waals surface area contributed by atoms with Gasteiger partial charge in [0.05, 0.1) is 6.42 Å². The number of hydrogen-bond acceptors (Lipinski definition) is 2. The highest BCUT2D eigenvalue weighted by Crippen LogP contribution is 2.20. The van der Waals surface area contributed by atoms with E-state index in [9.17, 15) is 4.79 Å². The molecule has 0 saturated heterocycles. The quantitative estimate of drug-likeness (QED) is 0.490. The molecule has 0 aliphatic heterocycles. The molecule has 0 aromatic heterocycles. The van der Waals surface area contributed by atoms with E-state index < -0.39 is 0 Å². The van der Waals surface area contributed by atoms with Crippen molar-refractivity contribution in [1.29, 1.82) is 0 Å². The standard InChI is InChI=1S/C20H15ClO2/c21-18-10-12-19(13-11-18)23-20(22)14-15-6-8-17(9-7-15)16-4-2-1-3-5-16/h1-13H,14H2. The Morgan fingerprint density at radius 3 is 2.04 bits per heavy atom. The van der Waals surface area contributed by atoms with Gasteiger partial charge in [-0.1, -0.05) is 66.2 Å². The molecule has 0 spiro atoms. The van der Waals surface area contributed by atoms with E-state index in [4.69, 9.17) is 16.3 Å². The second kappa shape index (κ2) is 7.12. The number of carbonyl (C=O) groups excluding carboxylic acids is 1. The van der Waals surface area contributed by atoms with Gasteiger partial charge in [-0.3, -0.25) is 4.79 Å². The van der Waals surface area contributed by atoms with E-state index in [1.54, 1.807) is 24.3 Å². The summed E-state index contributed by atoms with van der Waals surface area (Å²) >= 11 is 5.80. The first-order valence-corrected chi connectivity index (χ1v) is 7.69. The molecule has 3 aromatic rings. The lowest BCUT2D eigenvalue weighted by molar-refractivity contribution is -0.133. The van der Waals surface area contributed by atoms with Crippen molar-refractivity contribution < 1.29 is 9.53 Å². The van der Waals surface area contributed by atoms with Gasteiger partial charge in [0.25, 0.3) is 0 Å². The molecular weight excluding hydrogens is 308 g/mol. The van der Waals surface area contributed by atoms with Crippen LogP contribution >= 0.6 is 11.6 Å². The maximum absolute atomic E-state index is 12.0. The van der Waals surface area contributed by atoms with E-state index in [0.29, 0.717) is 10.8 Å². The molecule has 3 heteroatoms. The Kier molecular flexibility index (Phi) is 4.74. The fraction of sp³-hybridized carbons (Fsp3) is 0.0500. The molecular formula is C20H15ClO2. The Morgan fingerprint density at radius 2 is 1.39 bits per heavy atom. The van der Waals surface area contributed by atoms with Crippen LogP contribution in [0.5, 0.6) is 5.75 Å². The third-order valence-corrected chi connectivity index (χ3v) is 3.71. The van der Waals surface area contributed by atoms with Crippen molar-refractivity contribution in [3.63, 3.8) is 0 Å². The molecule has 0 atom stereocenters. The average Bonchev–Trinajstić information content (AvgIpc) is 2.58. The molecule has 3 aromatic carbocycles. The number of rotatable bonds is 4. The molecule has 0 unspecified atom stereocenters. The number of ether oxygens (including phenoxy) is 1. The van der Waals surface area contributed by atoms with Gasteiger partial charge in [-0.25, -0.2) is 0 Å². The zero-order chi connectivity index (χ0) is 16.1.